The van der Waals surface area contributed by atoms with E-state index in [2.05, 4.69) is 19.7 Å². The fourth-order valence-electron chi connectivity index (χ4n) is 1.89. The third-order valence-corrected chi connectivity index (χ3v) is 4.41. The van der Waals surface area contributed by atoms with Gasteiger partial charge in [-0.05, 0) is 31.3 Å². The highest BCUT2D eigenvalue weighted by atomic mass is 35.5. The highest BCUT2D eigenvalue weighted by Gasteiger charge is 2.34. The van der Waals surface area contributed by atoms with Crippen LogP contribution in [0.1, 0.15) is 35.7 Å². The third-order valence-electron chi connectivity index (χ3n) is 3.13. The summed E-state index contributed by atoms with van der Waals surface area (Å²) in [6, 6.07) is 0. The van der Waals surface area contributed by atoms with Crippen LogP contribution in [0.15, 0.2) is 6.20 Å². The average molecular weight is 335 g/mol. The van der Waals surface area contributed by atoms with Crippen LogP contribution in [-0.2, 0) is 6.18 Å². The minimum absolute atomic E-state index is 0.0772. The van der Waals surface area contributed by atoms with E-state index in [4.69, 9.17) is 11.6 Å². The first-order valence-electron chi connectivity index (χ1n) is 6.19. The predicted octanol–water partition coefficient (Wildman–Crippen LogP) is 4.53. The summed E-state index contributed by atoms with van der Waals surface area (Å²) in [7, 11) is 0. The zero-order valence-corrected chi connectivity index (χ0v) is 12.4. The van der Waals surface area contributed by atoms with Crippen LogP contribution >= 0.6 is 23.1 Å². The van der Waals surface area contributed by atoms with Gasteiger partial charge in [-0.25, -0.2) is 9.97 Å². The summed E-state index contributed by atoms with van der Waals surface area (Å²) in [4.78, 5) is 7.51. The second-order valence-electron chi connectivity index (χ2n) is 4.80. The molecule has 0 radical (unpaired) electrons. The second-order valence-corrected chi connectivity index (χ2v) is 5.95. The van der Waals surface area contributed by atoms with Crippen LogP contribution in [0.2, 0.25) is 5.02 Å². The van der Waals surface area contributed by atoms with Crippen LogP contribution in [0.5, 0.6) is 0 Å². The molecule has 0 spiro atoms. The molecule has 1 fully saturated rings. The van der Waals surface area contributed by atoms with E-state index in [0.717, 1.165) is 36.3 Å². The van der Waals surface area contributed by atoms with Crippen molar-refractivity contribution in [2.75, 3.05) is 5.32 Å². The van der Waals surface area contributed by atoms with E-state index in [1.54, 1.807) is 0 Å². The Kier molecular flexibility index (Phi) is 3.53. The minimum atomic E-state index is -4.45. The smallest absolute Gasteiger partial charge is 0.313 e. The van der Waals surface area contributed by atoms with Gasteiger partial charge >= 0.3 is 6.18 Å². The Balaban J connectivity index is 1.84. The highest BCUT2D eigenvalue weighted by Crippen LogP contribution is 2.46. The van der Waals surface area contributed by atoms with Gasteiger partial charge in [0.15, 0.2) is 0 Å². The first kappa shape index (κ1) is 14.5. The average Bonchev–Trinajstić information content (AvgIpc) is 3.15. The fourth-order valence-corrected chi connectivity index (χ4v) is 3.04. The molecule has 0 atom stereocenters. The molecule has 1 saturated carbocycles. The Hall–Kier alpha value is -1.41. The summed E-state index contributed by atoms with van der Waals surface area (Å²) in [5.74, 6) is 0.480. The lowest BCUT2D eigenvalue weighted by atomic mass is 10.2. The van der Waals surface area contributed by atoms with Gasteiger partial charge in [0, 0.05) is 12.1 Å². The lowest BCUT2D eigenvalue weighted by Gasteiger charge is -2.10. The van der Waals surface area contributed by atoms with Crippen LogP contribution in [0.3, 0.4) is 0 Å². The largest absolute Gasteiger partial charge is 0.419 e. The molecule has 0 aromatic carbocycles. The number of hydrogen-bond donors (Lipinski definition) is 1. The van der Waals surface area contributed by atoms with Crippen molar-refractivity contribution in [1.29, 1.82) is 0 Å². The third kappa shape index (κ3) is 2.96. The summed E-state index contributed by atoms with van der Waals surface area (Å²) in [6.07, 6.45) is -1.55. The van der Waals surface area contributed by atoms with Crippen molar-refractivity contribution < 1.29 is 13.2 Å². The molecule has 0 unspecified atom stereocenters. The van der Waals surface area contributed by atoms with E-state index >= 15 is 0 Å². The molecule has 4 nitrogen and oxygen atoms in total. The van der Waals surface area contributed by atoms with Crippen molar-refractivity contribution in [2.24, 2.45) is 0 Å². The van der Waals surface area contributed by atoms with Crippen molar-refractivity contribution in [2.45, 2.75) is 31.9 Å². The second kappa shape index (κ2) is 5.10. The minimum Gasteiger partial charge on any atom is -0.313 e. The van der Waals surface area contributed by atoms with Gasteiger partial charge in [-0.1, -0.05) is 11.6 Å². The van der Waals surface area contributed by atoms with Gasteiger partial charge in [0.25, 0.3) is 0 Å². The normalized spacial score (nSPS) is 15.3. The summed E-state index contributed by atoms with van der Waals surface area (Å²) in [6.45, 7) is 1.29. The molecule has 0 aliphatic heterocycles. The van der Waals surface area contributed by atoms with Crippen molar-refractivity contribution in [1.82, 2.24) is 14.3 Å². The fraction of sp³-hybridized carbons (Fsp3) is 0.417. The number of aromatic nitrogens is 3. The predicted molar refractivity (Wildman–Crippen MR) is 74.2 cm³/mol. The molecule has 0 bridgehead atoms. The Morgan fingerprint density at radius 1 is 1.38 bits per heavy atom. The van der Waals surface area contributed by atoms with E-state index < -0.39 is 11.7 Å². The van der Waals surface area contributed by atoms with Crippen LogP contribution in [0.25, 0.3) is 0 Å². The van der Waals surface area contributed by atoms with E-state index in [9.17, 15) is 13.2 Å². The Labute approximate surface area is 127 Å². The lowest BCUT2D eigenvalue weighted by Crippen LogP contribution is -2.10. The maximum absolute atomic E-state index is 12.6. The number of halogens is 4. The maximum atomic E-state index is 12.6. The Bertz CT molecular complexity index is 682. The van der Waals surface area contributed by atoms with E-state index in [1.165, 1.54) is 6.92 Å². The number of rotatable bonds is 3. The lowest BCUT2D eigenvalue weighted by molar-refractivity contribution is -0.138. The van der Waals surface area contributed by atoms with E-state index in [1.807, 2.05) is 0 Å². The van der Waals surface area contributed by atoms with Crippen LogP contribution in [-0.4, -0.2) is 14.3 Å². The molecule has 2 aromatic rings. The monoisotopic (exact) mass is 334 g/mol. The van der Waals surface area contributed by atoms with Gasteiger partial charge in [0.2, 0.25) is 5.95 Å². The van der Waals surface area contributed by atoms with Gasteiger partial charge < -0.3 is 5.32 Å². The summed E-state index contributed by atoms with van der Waals surface area (Å²) in [5.41, 5.74) is -0.141. The molecule has 2 aromatic heterocycles. The van der Waals surface area contributed by atoms with Crippen LogP contribution in [0.4, 0.5) is 24.1 Å². The first-order chi connectivity index (χ1) is 9.86. The van der Waals surface area contributed by atoms with Gasteiger partial charge in [0.05, 0.1) is 22.0 Å². The van der Waals surface area contributed by atoms with Crippen molar-refractivity contribution in [3.63, 3.8) is 0 Å². The van der Waals surface area contributed by atoms with Crippen LogP contribution < -0.4 is 5.32 Å². The molecule has 1 aliphatic rings. The number of alkyl halides is 3. The summed E-state index contributed by atoms with van der Waals surface area (Å²) in [5, 5.41) is 3.89. The number of nitrogens with one attached hydrogen (secondary N) is 1. The molecule has 112 valence electrons. The van der Waals surface area contributed by atoms with Gasteiger partial charge in [-0.3, -0.25) is 0 Å². The number of hydrogen-bond acceptors (Lipinski definition) is 5. The molecule has 9 heteroatoms. The van der Waals surface area contributed by atoms with E-state index in [0.29, 0.717) is 15.9 Å². The molecule has 0 amide bonds. The molecule has 2 heterocycles. The summed E-state index contributed by atoms with van der Waals surface area (Å²) < 4.78 is 42.2. The standard InChI is InChI=1S/C12H10ClF3N4S/c1-5-7(12(14,15)16)4-17-11(18-5)19-10-8(13)9(20-21-10)6-2-3-6/h4,6H,2-3H2,1H3,(H,17,18,19). The van der Waals surface area contributed by atoms with Crippen molar-refractivity contribution in [3.8, 4) is 0 Å². The summed E-state index contributed by atoms with van der Waals surface area (Å²) >= 11 is 7.36. The molecular formula is C12H10ClF3N4S. The maximum Gasteiger partial charge on any atom is 0.419 e. The quantitative estimate of drug-likeness (QED) is 0.895. The SMILES string of the molecule is Cc1nc(Nc2snc(C3CC3)c2Cl)ncc1C(F)(F)F. The number of aryl methyl sites for hydroxylation is 1. The van der Waals surface area contributed by atoms with E-state index in [-0.39, 0.29) is 11.6 Å². The van der Waals surface area contributed by atoms with Crippen molar-refractivity contribution >= 4 is 34.1 Å². The molecular weight excluding hydrogens is 325 g/mol. The molecule has 1 aliphatic carbocycles. The highest BCUT2D eigenvalue weighted by molar-refractivity contribution is 7.11. The van der Waals surface area contributed by atoms with Gasteiger partial charge in [-0.2, -0.15) is 17.5 Å². The molecule has 0 saturated heterocycles. The molecule has 3 rings (SSSR count). The zero-order chi connectivity index (χ0) is 15.2. The molecule has 1 N–H and O–H groups in total. The van der Waals surface area contributed by atoms with Crippen molar-refractivity contribution in [3.05, 3.63) is 28.2 Å². The first-order valence-corrected chi connectivity index (χ1v) is 7.34. The zero-order valence-electron chi connectivity index (χ0n) is 10.8. The Morgan fingerprint density at radius 2 is 2.10 bits per heavy atom. The number of anilines is 2. The van der Waals surface area contributed by atoms with Gasteiger partial charge in [-0.15, -0.1) is 0 Å². The number of nitrogens with zero attached hydrogens (tertiary/aromatic N) is 3. The topological polar surface area (TPSA) is 50.7 Å². The van der Waals surface area contributed by atoms with Gasteiger partial charge in [0.1, 0.15) is 5.00 Å². The van der Waals surface area contributed by atoms with Crippen LogP contribution in [0, 0.1) is 6.92 Å². The Morgan fingerprint density at radius 3 is 2.67 bits per heavy atom. The molecule has 21 heavy (non-hydrogen) atoms.